The number of hydrogen-bond donors (Lipinski definition) is 0. The first-order chi connectivity index (χ1) is 10.8. The van der Waals surface area contributed by atoms with Gasteiger partial charge < -0.3 is 4.74 Å². The van der Waals surface area contributed by atoms with Crippen molar-refractivity contribution in [3.05, 3.63) is 65.2 Å². The summed E-state index contributed by atoms with van der Waals surface area (Å²) >= 11 is 0. The minimum absolute atomic E-state index is 0.772. The highest BCUT2D eigenvalue weighted by Gasteiger charge is 2.15. The lowest BCUT2D eigenvalue weighted by molar-refractivity contribution is 0.219. The number of unbranched alkanes of at least 4 members (excludes halogenated alkanes) is 1. The van der Waals surface area contributed by atoms with Gasteiger partial charge in [0.1, 0.15) is 12.4 Å². The molecular weight excluding hydrogens is 270 g/mol. The summed E-state index contributed by atoms with van der Waals surface area (Å²) in [6.07, 6.45) is 3.67. The molecule has 0 bridgehead atoms. The van der Waals surface area contributed by atoms with Crippen LogP contribution >= 0.6 is 0 Å². The van der Waals surface area contributed by atoms with Crippen molar-refractivity contribution in [2.45, 2.75) is 39.3 Å². The molecule has 0 spiro atoms. The van der Waals surface area contributed by atoms with Gasteiger partial charge in [0.05, 0.1) is 0 Å². The van der Waals surface area contributed by atoms with Crippen molar-refractivity contribution >= 4 is 0 Å². The molecule has 0 radical (unpaired) electrons. The summed E-state index contributed by atoms with van der Waals surface area (Å²) in [7, 11) is 0. The second kappa shape index (κ2) is 7.46. The Kier molecular flexibility index (Phi) is 5.12. The number of rotatable bonds is 5. The van der Waals surface area contributed by atoms with Crippen LogP contribution in [0.15, 0.2) is 48.5 Å². The van der Waals surface area contributed by atoms with Crippen LogP contribution in [0.25, 0.3) is 0 Å². The van der Waals surface area contributed by atoms with E-state index in [1.54, 1.807) is 0 Å². The summed E-state index contributed by atoms with van der Waals surface area (Å²) in [5, 5.41) is 0. The molecule has 1 heterocycles. The Morgan fingerprint density at radius 2 is 1.91 bits per heavy atom. The van der Waals surface area contributed by atoms with E-state index in [-0.39, 0.29) is 0 Å². The molecule has 2 aromatic carbocycles. The largest absolute Gasteiger partial charge is 0.492 e. The van der Waals surface area contributed by atoms with E-state index in [0.717, 1.165) is 32.0 Å². The maximum absolute atomic E-state index is 5.93. The SMILES string of the molecule is CCCCc1ccc2c(c1)CN(Cc1ccccc1)CCO2. The number of benzene rings is 2. The molecule has 1 aliphatic rings. The van der Waals surface area contributed by atoms with Crippen molar-refractivity contribution in [2.75, 3.05) is 13.2 Å². The first-order valence-electron chi connectivity index (χ1n) is 8.36. The third kappa shape index (κ3) is 3.89. The van der Waals surface area contributed by atoms with Gasteiger partial charge in [-0.3, -0.25) is 4.90 Å². The predicted octanol–water partition coefficient (Wildman–Crippen LogP) is 4.42. The lowest BCUT2D eigenvalue weighted by atomic mass is 10.0. The molecule has 0 fully saturated rings. The summed E-state index contributed by atoms with van der Waals surface area (Å²) < 4.78 is 5.93. The van der Waals surface area contributed by atoms with E-state index < -0.39 is 0 Å². The Morgan fingerprint density at radius 1 is 1.05 bits per heavy atom. The van der Waals surface area contributed by atoms with Crippen LogP contribution in [0.5, 0.6) is 5.75 Å². The molecule has 3 rings (SSSR count). The molecule has 2 nitrogen and oxygen atoms in total. The fourth-order valence-corrected chi connectivity index (χ4v) is 3.01. The van der Waals surface area contributed by atoms with Crippen LogP contribution in [0.3, 0.4) is 0 Å². The highest BCUT2D eigenvalue weighted by Crippen LogP contribution is 2.25. The zero-order chi connectivity index (χ0) is 15.2. The van der Waals surface area contributed by atoms with Crippen molar-refractivity contribution in [3.8, 4) is 5.75 Å². The molecule has 116 valence electrons. The van der Waals surface area contributed by atoms with E-state index >= 15 is 0 Å². The van der Waals surface area contributed by atoms with Gasteiger partial charge in [0.2, 0.25) is 0 Å². The highest BCUT2D eigenvalue weighted by molar-refractivity contribution is 5.38. The van der Waals surface area contributed by atoms with Crippen molar-refractivity contribution in [2.24, 2.45) is 0 Å². The average molecular weight is 295 g/mol. The number of fused-ring (bicyclic) bond motifs is 1. The summed E-state index contributed by atoms with van der Waals surface area (Å²) in [5.41, 5.74) is 4.14. The fourth-order valence-electron chi connectivity index (χ4n) is 3.01. The van der Waals surface area contributed by atoms with Gasteiger partial charge in [-0.15, -0.1) is 0 Å². The topological polar surface area (TPSA) is 12.5 Å². The minimum Gasteiger partial charge on any atom is -0.492 e. The number of nitrogens with zero attached hydrogens (tertiary/aromatic N) is 1. The van der Waals surface area contributed by atoms with E-state index in [9.17, 15) is 0 Å². The fraction of sp³-hybridized carbons (Fsp3) is 0.400. The lowest BCUT2D eigenvalue weighted by Crippen LogP contribution is -2.25. The van der Waals surface area contributed by atoms with E-state index in [1.807, 2.05) is 0 Å². The van der Waals surface area contributed by atoms with Crippen molar-refractivity contribution in [1.82, 2.24) is 4.90 Å². The van der Waals surface area contributed by atoms with E-state index in [0.29, 0.717) is 0 Å². The molecule has 2 aromatic rings. The zero-order valence-corrected chi connectivity index (χ0v) is 13.4. The van der Waals surface area contributed by atoms with Crippen LogP contribution in [0, 0.1) is 0 Å². The first kappa shape index (κ1) is 15.1. The second-order valence-electron chi connectivity index (χ2n) is 6.09. The van der Waals surface area contributed by atoms with E-state index in [4.69, 9.17) is 4.74 Å². The number of hydrogen-bond acceptors (Lipinski definition) is 2. The molecule has 0 N–H and O–H groups in total. The Bertz CT molecular complexity index is 594. The maximum Gasteiger partial charge on any atom is 0.123 e. The van der Waals surface area contributed by atoms with Crippen LogP contribution in [-0.2, 0) is 19.5 Å². The van der Waals surface area contributed by atoms with Gasteiger partial charge in [0, 0.05) is 25.2 Å². The molecule has 2 heteroatoms. The summed E-state index contributed by atoms with van der Waals surface area (Å²) in [6.45, 7) is 5.96. The third-order valence-electron chi connectivity index (χ3n) is 4.25. The first-order valence-corrected chi connectivity index (χ1v) is 8.36. The average Bonchev–Trinajstić information content (AvgIpc) is 2.75. The number of aryl methyl sites for hydroxylation is 1. The van der Waals surface area contributed by atoms with Crippen molar-refractivity contribution < 1.29 is 4.74 Å². The van der Waals surface area contributed by atoms with Crippen LogP contribution in [-0.4, -0.2) is 18.1 Å². The molecule has 0 aromatic heterocycles. The van der Waals surface area contributed by atoms with Gasteiger partial charge in [0.15, 0.2) is 0 Å². The molecule has 0 saturated carbocycles. The molecule has 0 unspecified atom stereocenters. The second-order valence-corrected chi connectivity index (χ2v) is 6.09. The van der Waals surface area contributed by atoms with Gasteiger partial charge in [-0.05, 0) is 30.0 Å². The van der Waals surface area contributed by atoms with Gasteiger partial charge in [0.25, 0.3) is 0 Å². The van der Waals surface area contributed by atoms with Crippen LogP contribution in [0.4, 0.5) is 0 Å². The zero-order valence-electron chi connectivity index (χ0n) is 13.4. The van der Waals surface area contributed by atoms with E-state index in [1.165, 1.54) is 36.0 Å². The van der Waals surface area contributed by atoms with E-state index in [2.05, 4.69) is 60.4 Å². The Morgan fingerprint density at radius 3 is 2.73 bits per heavy atom. The molecule has 0 aliphatic carbocycles. The lowest BCUT2D eigenvalue weighted by Gasteiger charge is -2.19. The Hall–Kier alpha value is -1.80. The predicted molar refractivity (Wildman–Crippen MR) is 91.1 cm³/mol. The number of ether oxygens (including phenoxy) is 1. The summed E-state index contributed by atoms with van der Waals surface area (Å²) in [6, 6.07) is 17.4. The minimum atomic E-state index is 0.772. The van der Waals surface area contributed by atoms with Crippen molar-refractivity contribution in [1.29, 1.82) is 0 Å². The molecular formula is C20H25NO. The van der Waals surface area contributed by atoms with Gasteiger partial charge in [-0.2, -0.15) is 0 Å². The molecule has 0 amide bonds. The highest BCUT2D eigenvalue weighted by atomic mass is 16.5. The summed E-state index contributed by atoms with van der Waals surface area (Å²) in [4.78, 5) is 2.48. The van der Waals surface area contributed by atoms with Crippen LogP contribution < -0.4 is 4.74 Å². The van der Waals surface area contributed by atoms with Gasteiger partial charge in [-0.1, -0.05) is 55.8 Å². The third-order valence-corrected chi connectivity index (χ3v) is 4.25. The molecule has 0 atom stereocenters. The smallest absolute Gasteiger partial charge is 0.123 e. The van der Waals surface area contributed by atoms with Crippen LogP contribution in [0.2, 0.25) is 0 Å². The Labute approximate surface area is 133 Å². The van der Waals surface area contributed by atoms with Crippen molar-refractivity contribution in [3.63, 3.8) is 0 Å². The van der Waals surface area contributed by atoms with Gasteiger partial charge >= 0.3 is 0 Å². The maximum atomic E-state index is 5.93. The van der Waals surface area contributed by atoms with Crippen LogP contribution in [0.1, 0.15) is 36.5 Å². The summed E-state index contributed by atoms with van der Waals surface area (Å²) in [5.74, 6) is 1.07. The quantitative estimate of drug-likeness (QED) is 0.809. The normalized spacial score (nSPS) is 15.0. The molecule has 22 heavy (non-hydrogen) atoms. The van der Waals surface area contributed by atoms with Gasteiger partial charge in [-0.25, -0.2) is 0 Å². The molecule has 1 aliphatic heterocycles. The monoisotopic (exact) mass is 295 g/mol. The Balaban J connectivity index is 1.73. The molecule has 0 saturated heterocycles. The standard InChI is InChI=1S/C20H25NO/c1-2-3-7-17-10-11-20-19(14-17)16-21(12-13-22-20)15-18-8-5-4-6-9-18/h4-6,8-11,14H,2-3,7,12-13,15-16H2,1H3.